The van der Waals surface area contributed by atoms with E-state index < -0.39 is 4.83 Å². The van der Waals surface area contributed by atoms with Crippen molar-refractivity contribution >= 4 is 32.8 Å². The van der Waals surface area contributed by atoms with Crippen molar-refractivity contribution in [3.05, 3.63) is 71.9 Å². The lowest BCUT2D eigenvalue weighted by molar-refractivity contribution is -0.139. The van der Waals surface area contributed by atoms with Crippen LogP contribution in [0.15, 0.2) is 60.7 Å². The Morgan fingerprint density at radius 1 is 1.08 bits per heavy atom. The molecule has 1 atom stereocenters. The van der Waals surface area contributed by atoms with Gasteiger partial charge in [0.1, 0.15) is 17.2 Å². The quantitative estimate of drug-likeness (QED) is 0.481. The highest BCUT2D eigenvalue weighted by Gasteiger charge is 2.17. The van der Waals surface area contributed by atoms with Crippen molar-refractivity contribution in [3.8, 4) is 5.75 Å². The molecule has 0 amide bonds. The molecule has 0 saturated carbocycles. The average molecular weight is 386 g/mol. The van der Waals surface area contributed by atoms with Crippen molar-refractivity contribution in [2.45, 2.75) is 11.4 Å². The van der Waals surface area contributed by atoms with Crippen LogP contribution in [-0.4, -0.2) is 18.1 Å². The summed E-state index contributed by atoms with van der Waals surface area (Å²) in [4.78, 5) is 15.6. The van der Waals surface area contributed by atoms with Gasteiger partial charge in [-0.1, -0.05) is 52.3 Å². The summed E-state index contributed by atoms with van der Waals surface area (Å²) >= 11 is 3.31. The maximum atomic E-state index is 11.5. The fourth-order valence-electron chi connectivity index (χ4n) is 2.32. The molecule has 0 aliphatic carbocycles. The molecule has 0 saturated heterocycles. The molecule has 2 aromatic carbocycles. The summed E-state index contributed by atoms with van der Waals surface area (Å²) < 4.78 is 10.5. The van der Waals surface area contributed by atoms with Crippen molar-refractivity contribution < 1.29 is 14.3 Å². The Hall–Kier alpha value is -2.40. The normalized spacial score (nSPS) is 11.9. The second-order valence-electron chi connectivity index (χ2n) is 5.24. The average Bonchev–Trinajstić information content (AvgIpc) is 2.65. The van der Waals surface area contributed by atoms with E-state index in [9.17, 15) is 4.79 Å². The summed E-state index contributed by atoms with van der Waals surface area (Å²) in [7, 11) is 1.37. The van der Waals surface area contributed by atoms with Gasteiger partial charge in [0.05, 0.1) is 18.3 Å². The molecule has 0 bridgehead atoms. The largest absolute Gasteiger partial charge is 0.487 e. The van der Waals surface area contributed by atoms with E-state index in [4.69, 9.17) is 9.47 Å². The molecular formula is C19H16BrNO3. The highest BCUT2D eigenvalue weighted by Crippen LogP contribution is 2.26. The van der Waals surface area contributed by atoms with Gasteiger partial charge >= 0.3 is 5.97 Å². The van der Waals surface area contributed by atoms with Crippen LogP contribution in [0.4, 0.5) is 0 Å². The maximum absolute atomic E-state index is 11.5. The van der Waals surface area contributed by atoms with E-state index in [1.54, 1.807) is 0 Å². The number of nitrogens with zero attached hydrogens (tertiary/aromatic N) is 1. The Balaban J connectivity index is 1.66. The number of para-hydroxylation sites is 1. The maximum Gasteiger partial charge on any atom is 0.323 e. The van der Waals surface area contributed by atoms with Gasteiger partial charge in [0.2, 0.25) is 0 Å². The van der Waals surface area contributed by atoms with Crippen LogP contribution in [0.25, 0.3) is 10.9 Å². The summed E-state index contributed by atoms with van der Waals surface area (Å²) in [6, 6.07) is 19.3. The molecule has 1 unspecified atom stereocenters. The number of fused-ring (bicyclic) bond motifs is 1. The molecule has 3 rings (SSSR count). The second kappa shape index (κ2) is 7.45. The molecule has 3 aromatic rings. The van der Waals surface area contributed by atoms with Crippen LogP contribution in [0.1, 0.15) is 16.1 Å². The summed E-state index contributed by atoms with van der Waals surface area (Å²) in [6.07, 6.45) is 0. The number of alkyl halides is 1. The first kappa shape index (κ1) is 16.5. The van der Waals surface area contributed by atoms with E-state index in [1.807, 2.05) is 60.7 Å². The first-order chi connectivity index (χ1) is 11.7. The van der Waals surface area contributed by atoms with E-state index in [2.05, 4.69) is 20.9 Å². The molecule has 1 heterocycles. The van der Waals surface area contributed by atoms with Crippen molar-refractivity contribution in [3.63, 3.8) is 0 Å². The van der Waals surface area contributed by atoms with Gasteiger partial charge in [-0.05, 0) is 29.8 Å². The minimum Gasteiger partial charge on any atom is -0.487 e. The highest BCUT2D eigenvalue weighted by molar-refractivity contribution is 9.09. The molecule has 5 heteroatoms. The minimum absolute atomic E-state index is 0.330. The summed E-state index contributed by atoms with van der Waals surface area (Å²) in [6.45, 7) is 0.388. The number of esters is 1. The van der Waals surface area contributed by atoms with Gasteiger partial charge in [0.15, 0.2) is 0 Å². The molecule has 122 valence electrons. The van der Waals surface area contributed by atoms with Gasteiger partial charge in [-0.25, -0.2) is 4.98 Å². The van der Waals surface area contributed by atoms with Crippen molar-refractivity contribution in [1.82, 2.24) is 4.98 Å². The van der Waals surface area contributed by atoms with Gasteiger partial charge in [0, 0.05) is 5.39 Å². The van der Waals surface area contributed by atoms with E-state index >= 15 is 0 Å². The van der Waals surface area contributed by atoms with Crippen molar-refractivity contribution in [1.29, 1.82) is 0 Å². The molecule has 0 aliphatic heterocycles. The van der Waals surface area contributed by atoms with E-state index in [-0.39, 0.29) is 5.97 Å². The fourth-order valence-corrected chi connectivity index (χ4v) is 2.81. The lowest BCUT2D eigenvalue weighted by Crippen LogP contribution is -2.08. The Morgan fingerprint density at radius 3 is 2.58 bits per heavy atom. The van der Waals surface area contributed by atoms with E-state index in [0.29, 0.717) is 6.61 Å². The van der Waals surface area contributed by atoms with Crippen molar-refractivity contribution in [2.24, 2.45) is 0 Å². The smallest absolute Gasteiger partial charge is 0.323 e. The van der Waals surface area contributed by atoms with Crippen LogP contribution in [-0.2, 0) is 16.1 Å². The van der Waals surface area contributed by atoms with Crippen LogP contribution in [0, 0.1) is 0 Å². The number of carbonyl (C=O) groups excluding carboxylic acids is 1. The fraction of sp³-hybridized carbons (Fsp3) is 0.158. The second-order valence-corrected chi connectivity index (χ2v) is 6.15. The van der Waals surface area contributed by atoms with Gasteiger partial charge in [-0.3, -0.25) is 4.79 Å². The highest BCUT2D eigenvalue weighted by atomic mass is 79.9. The van der Waals surface area contributed by atoms with Gasteiger partial charge in [-0.15, -0.1) is 0 Å². The summed E-state index contributed by atoms with van der Waals surface area (Å²) in [5, 5.41) is 1.11. The zero-order valence-electron chi connectivity index (χ0n) is 13.1. The van der Waals surface area contributed by atoms with Crippen LogP contribution >= 0.6 is 15.9 Å². The molecule has 4 nitrogen and oxygen atoms in total. The molecule has 0 fully saturated rings. The molecule has 0 N–H and O–H groups in total. The number of benzene rings is 2. The number of hydrogen-bond acceptors (Lipinski definition) is 4. The number of ether oxygens (including phenoxy) is 2. The zero-order chi connectivity index (χ0) is 16.9. The van der Waals surface area contributed by atoms with Gasteiger partial charge < -0.3 is 9.47 Å². The molecule has 24 heavy (non-hydrogen) atoms. The zero-order valence-corrected chi connectivity index (χ0v) is 14.7. The Labute approximate surface area is 148 Å². The number of pyridine rings is 1. The van der Waals surface area contributed by atoms with Crippen LogP contribution < -0.4 is 4.74 Å². The number of halogens is 1. The third kappa shape index (κ3) is 3.74. The Kier molecular flexibility index (Phi) is 5.11. The first-order valence-corrected chi connectivity index (χ1v) is 8.38. The first-order valence-electron chi connectivity index (χ1n) is 7.47. The Morgan fingerprint density at radius 2 is 1.83 bits per heavy atom. The van der Waals surface area contributed by atoms with Crippen LogP contribution in [0.2, 0.25) is 0 Å². The SMILES string of the molecule is COC(=O)C(Br)c1ccc(OCc2ccc3ccccc3n2)cc1. The van der Waals surface area contributed by atoms with Gasteiger partial charge in [-0.2, -0.15) is 0 Å². The third-order valence-corrected chi connectivity index (χ3v) is 4.53. The molecule has 0 aliphatic rings. The number of aromatic nitrogens is 1. The molecule has 1 aromatic heterocycles. The number of hydrogen-bond donors (Lipinski definition) is 0. The molecular weight excluding hydrogens is 370 g/mol. The standard InChI is InChI=1S/C19H16BrNO3/c1-23-19(22)18(20)14-7-10-16(11-8-14)24-12-15-9-6-13-4-2-3-5-17(13)21-15/h2-11,18H,12H2,1H3. The number of methoxy groups -OCH3 is 1. The summed E-state index contributed by atoms with van der Waals surface area (Å²) in [5.74, 6) is 0.391. The third-order valence-electron chi connectivity index (χ3n) is 3.62. The predicted octanol–water partition coefficient (Wildman–Crippen LogP) is 4.42. The topological polar surface area (TPSA) is 48.4 Å². The molecule has 0 radical (unpaired) electrons. The minimum atomic E-state index is -0.473. The lowest BCUT2D eigenvalue weighted by Gasteiger charge is -2.10. The van der Waals surface area contributed by atoms with Crippen molar-refractivity contribution in [2.75, 3.05) is 7.11 Å². The lowest BCUT2D eigenvalue weighted by atomic mass is 10.1. The molecule has 0 spiro atoms. The predicted molar refractivity (Wildman–Crippen MR) is 96.2 cm³/mol. The van der Waals surface area contributed by atoms with E-state index in [0.717, 1.165) is 27.9 Å². The van der Waals surface area contributed by atoms with Gasteiger partial charge in [0.25, 0.3) is 0 Å². The number of carbonyl (C=O) groups is 1. The number of rotatable bonds is 5. The van der Waals surface area contributed by atoms with Crippen LogP contribution in [0.3, 0.4) is 0 Å². The Bertz CT molecular complexity index is 849. The van der Waals surface area contributed by atoms with Crippen LogP contribution in [0.5, 0.6) is 5.75 Å². The summed E-state index contributed by atoms with van der Waals surface area (Å²) in [5.41, 5.74) is 2.64. The van der Waals surface area contributed by atoms with E-state index in [1.165, 1.54) is 7.11 Å². The monoisotopic (exact) mass is 385 g/mol.